The van der Waals surface area contributed by atoms with E-state index in [0.29, 0.717) is 37.2 Å². The molecular formula is C28H26N2O4. The summed E-state index contributed by atoms with van der Waals surface area (Å²) in [5.41, 5.74) is 5.15. The zero-order valence-corrected chi connectivity index (χ0v) is 19.1. The van der Waals surface area contributed by atoms with Crippen LogP contribution in [-0.4, -0.2) is 34.4 Å². The molecule has 2 aromatic carbocycles. The molecule has 4 heterocycles. The van der Waals surface area contributed by atoms with Crippen molar-refractivity contribution in [2.75, 3.05) is 13.1 Å². The molecule has 3 aliphatic heterocycles. The number of cyclic esters (lactones) is 1. The number of piperidine rings is 1. The first kappa shape index (κ1) is 20.9. The third-order valence-electron chi connectivity index (χ3n) is 7.44. The van der Waals surface area contributed by atoms with Gasteiger partial charge in [0, 0.05) is 49.3 Å². The summed E-state index contributed by atoms with van der Waals surface area (Å²) in [6, 6.07) is 18.7. The minimum absolute atomic E-state index is 0.0185. The van der Waals surface area contributed by atoms with E-state index >= 15 is 0 Å². The lowest BCUT2D eigenvalue weighted by molar-refractivity contribution is 0.0252. The number of carbonyl (C=O) groups excluding carboxylic acids is 2. The molecule has 6 heteroatoms. The largest absolute Gasteiger partial charge is 0.454 e. The molecule has 6 rings (SSSR count). The maximum Gasteiger partial charge on any atom is 0.339 e. The van der Waals surface area contributed by atoms with Gasteiger partial charge in [0.1, 0.15) is 6.10 Å². The number of hydrogen-bond acceptors (Lipinski definition) is 4. The van der Waals surface area contributed by atoms with E-state index in [1.807, 2.05) is 58.9 Å². The van der Waals surface area contributed by atoms with Crippen molar-refractivity contribution in [1.82, 2.24) is 9.47 Å². The Labute approximate surface area is 197 Å². The number of likely N-dealkylation sites (tertiary alicyclic amines) is 1. The molecule has 2 bridgehead atoms. The highest BCUT2D eigenvalue weighted by Crippen LogP contribution is 2.36. The summed E-state index contributed by atoms with van der Waals surface area (Å²) in [6.07, 6.45) is 1.20. The lowest BCUT2D eigenvalue weighted by Crippen LogP contribution is -2.49. The average Bonchev–Trinajstić information content (AvgIpc) is 2.84. The monoisotopic (exact) mass is 454 g/mol. The molecule has 3 aliphatic rings. The molecule has 0 N–H and O–H groups in total. The van der Waals surface area contributed by atoms with Gasteiger partial charge in [-0.2, -0.15) is 0 Å². The zero-order chi connectivity index (χ0) is 23.4. The van der Waals surface area contributed by atoms with Crippen LogP contribution < -0.4 is 5.56 Å². The lowest BCUT2D eigenvalue weighted by atomic mass is 9.83. The molecule has 1 aromatic heterocycles. The molecule has 3 aromatic rings. The predicted octanol–water partition coefficient (Wildman–Crippen LogP) is 3.87. The third kappa shape index (κ3) is 3.54. The first-order valence-electron chi connectivity index (χ1n) is 11.9. The Kier molecular flexibility index (Phi) is 4.90. The van der Waals surface area contributed by atoms with Crippen molar-refractivity contribution in [3.63, 3.8) is 0 Å². The molecule has 172 valence electrons. The first-order valence-corrected chi connectivity index (χ1v) is 11.9. The number of pyridine rings is 1. The molecule has 0 saturated carbocycles. The Morgan fingerprint density at radius 3 is 2.62 bits per heavy atom. The van der Waals surface area contributed by atoms with Crippen molar-refractivity contribution in [1.29, 1.82) is 0 Å². The molecule has 34 heavy (non-hydrogen) atoms. The predicted molar refractivity (Wildman–Crippen MR) is 127 cm³/mol. The van der Waals surface area contributed by atoms with Crippen molar-refractivity contribution in [3.05, 3.63) is 105 Å². The van der Waals surface area contributed by atoms with Crippen LogP contribution in [0, 0.1) is 12.8 Å². The van der Waals surface area contributed by atoms with Gasteiger partial charge in [-0.05, 0) is 54.7 Å². The summed E-state index contributed by atoms with van der Waals surface area (Å²) in [4.78, 5) is 40.4. The molecule has 0 aliphatic carbocycles. The van der Waals surface area contributed by atoms with Crippen molar-refractivity contribution < 1.29 is 14.3 Å². The molecule has 3 atom stereocenters. The number of ether oxygens (including phenoxy) is 1. The fraction of sp³-hybridized carbons (Fsp3) is 0.321. The number of fused-ring (bicyclic) bond motifs is 5. The smallest absolute Gasteiger partial charge is 0.339 e. The van der Waals surface area contributed by atoms with Gasteiger partial charge < -0.3 is 14.2 Å². The van der Waals surface area contributed by atoms with Gasteiger partial charge in [0.05, 0.1) is 5.56 Å². The number of aryl methyl sites for hydroxylation is 1. The van der Waals surface area contributed by atoms with Crippen LogP contribution in [0.15, 0.2) is 65.5 Å². The Bertz CT molecular complexity index is 1360. The summed E-state index contributed by atoms with van der Waals surface area (Å²) in [5, 5.41) is 0. The van der Waals surface area contributed by atoms with Crippen LogP contribution in [0.2, 0.25) is 0 Å². The number of aromatic nitrogens is 1. The average molecular weight is 455 g/mol. The number of amides is 1. The Balaban J connectivity index is 1.26. The highest BCUT2D eigenvalue weighted by molar-refractivity contribution is 5.98. The SMILES string of the molecule is Cc1ccc(C2Cc3cc(C(=O)N4CC5CC(C4)c4cccc(=O)n4C5)ccc3C(=O)O2)cc1. The number of rotatable bonds is 2. The Hall–Kier alpha value is -3.67. The van der Waals surface area contributed by atoms with Gasteiger partial charge in [-0.25, -0.2) is 4.79 Å². The van der Waals surface area contributed by atoms with Gasteiger partial charge >= 0.3 is 5.97 Å². The maximum absolute atomic E-state index is 13.5. The van der Waals surface area contributed by atoms with Crippen LogP contribution in [0.5, 0.6) is 0 Å². The summed E-state index contributed by atoms with van der Waals surface area (Å²) in [5.74, 6) is 0.0770. The van der Waals surface area contributed by atoms with E-state index in [4.69, 9.17) is 4.74 Å². The fourth-order valence-electron chi connectivity index (χ4n) is 5.74. The van der Waals surface area contributed by atoms with Crippen LogP contribution in [0.4, 0.5) is 0 Å². The van der Waals surface area contributed by atoms with Gasteiger partial charge in [-0.1, -0.05) is 35.9 Å². The van der Waals surface area contributed by atoms with E-state index in [9.17, 15) is 14.4 Å². The van der Waals surface area contributed by atoms with Gasteiger partial charge in [-0.15, -0.1) is 0 Å². The fourth-order valence-corrected chi connectivity index (χ4v) is 5.74. The quantitative estimate of drug-likeness (QED) is 0.552. The molecule has 1 saturated heterocycles. The second-order valence-electron chi connectivity index (χ2n) is 9.79. The summed E-state index contributed by atoms with van der Waals surface area (Å²) >= 11 is 0. The van der Waals surface area contributed by atoms with Gasteiger partial charge in [0.2, 0.25) is 0 Å². The summed E-state index contributed by atoms with van der Waals surface area (Å²) < 4.78 is 7.56. The first-order chi connectivity index (χ1) is 16.5. The second-order valence-corrected chi connectivity index (χ2v) is 9.79. The molecule has 3 unspecified atom stereocenters. The summed E-state index contributed by atoms with van der Waals surface area (Å²) in [6.45, 7) is 3.92. The maximum atomic E-state index is 13.5. The van der Waals surface area contributed by atoms with E-state index in [1.165, 1.54) is 0 Å². The minimum atomic E-state index is -0.352. The number of carbonyl (C=O) groups is 2. The van der Waals surface area contributed by atoms with Gasteiger partial charge in [-0.3, -0.25) is 9.59 Å². The van der Waals surface area contributed by atoms with Crippen LogP contribution in [-0.2, 0) is 17.7 Å². The summed E-state index contributed by atoms with van der Waals surface area (Å²) in [7, 11) is 0. The van der Waals surface area contributed by atoms with Crippen molar-refractivity contribution >= 4 is 11.9 Å². The van der Waals surface area contributed by atoms with Crippen LogP contribution in [0.1, 0.15) is 61.5 Å². The molecule has 6 nitrogen and oxygen atoms in total. The standard InChI is InChI=1S/C28H26N2O4/c1-17-5-7-19(8-6-17)25-13-21-12-20(9-10-23(21)28(33)34-25)27(32)29-14-18-11-22(16-29)24-3-2-4-26(31)30(24)15-18/h2-10,12,18,22,25H,11,13-16H2,1H3. The lowest BCUT2D eigenvalue weighted by Gasteiger charge is -2.42. The second kappa shape index (κ2) is 7.97. The van der Waals surface area contributed by atoms with Crippen LogP contribution in [0.3, 0.4) is 0 Å². The highest BCUT2D eigenvalue weighted by atomic mass is 16.5. The van der Waals surface area contributed by atoms with Crippen molar-refractivity contribution in [2.24, 2.45) is 5.92 Å². The third-order valence-corrected chi connectivity index (χ3v) is 7.44. The number of hydrogen-bond donors (Lipinski definition) is 0. The normalized spacial score (nSPS) is 23.0. The molecule has 1 fully saturated rings. The van der Waals surface area contributed by atoms with Gasteiger partial charge in [0.25, 0.3) is 11.5 Å². The van der Waals surface area contributed by atoms with Crippen molar-refractivity contribution in [2.45, 2.75) is 38.3 Å². The molecular weight excluding hydrogens is 428 g/mol. The molecule has 0 spiro atoms. The van der Waals surface area contributed by atoms with E-state index in [2.05, 4.69) is 0 Å². The van der Waals surface area contributed by atoms with Crippen molar-refractivity contribution in [3.8, 4) is 0 Å². The highest BCUT2D eigenvalue weighted by Gasteiger charge is 2.37. The Morgan fingerprint density at radius 1 is 0.971 bits per heavy atom. The van der Waals surface area contributed by atoms with E-state index in [1.54, 1.807) is 18.2 Å². The number of nitrogens with zero attached hydrogens (tertiary/aromatic N) is 2. The van der Waals surface area contributed by atoms with E-state index in [-0.39, 0.29) is 35.4 Å². The van der Waals surface area contributed by atoms with Crippen LogP contribution >= 0.6 is 0 Å². The number of esters is 1. The van der Waals surface area contributed by atoms with E-state index < -0.39 is 0 Å². The topological polar surface area (TPSA) is 68.6 Å². The van der Waals surface area contributed by atoms with Gasteiger partial charge in [0.15, 0.2) is 0 Å². The molecule has 1 amide bonds. The zero-order valence-electron chi connectivity index (χ0n) is 19.1. The van der Waals surface area contributed by atoms with E-state index in [0.717, 1.165) is 28.8 Å². The minimum Gasteiger partial charge on any atom is -0.454 e. The Morgan fingerprint density at radius 2 is 1.79 bits per heavy atom. The number of benzene rings is 2. The van der Waals surface area contributed by atoms with Crippen LogP contribution in [0.25, 0.3) is 0 Å². The molecule has 0 radical (unpaired) electrons.